The third kappa shape index (κ3) is 17.5. The van der Waals surface area contributed by atoms with Crippen molar-refractivity contribution >= 4 is 70.8 Å². The number of Topliss-reactive ketones (excluding diaryl/α,β-unsaturated/α-hetero) is 4. The molecule has 2 aliphatic rings. The number of piperidine rings is 1. The summed E-state index contributed by atoms with van der Waals surface area (Å²) in [7, 11) is 0. The van der Waals surface area contributed by atoms with Gasteiger partial charge < -0.3 is 14.4 Å². The number of ether oxygens (including phenoxy) is 2. The predicted octanol–water partition coefficient (Wildman–Crippen LogP) is 10.4. The van der Waals surface area contributed by atoms with Crippen molar-refractivity contribution in [2.45, 2.75) is 99.5 Å². The van der Waals surface area contributed by atoms with Gasteiger partial charge in [-0.2, -0.15) is 15.9 Å². The van der Waals surface area contributed by atoms with Gasteiger partial charge in [-0.25, -0.2) is 9.97 Å². The Morgan fingerprint density at radius 3 is 2.23 bits per heavy atom. The van der Waals surface area contributed by atoms with E-state index >= 15 is 0 Å². The SMILES string of the molecule is CC(=O)c1cc(N2CCN(CC3CCN(CC[N+](O)(S)Nc4nccc(COc5ccc(C(C)(C)c6cc(Cl)c(OCCCl)c(C#N)c6)cc5)n4)CC3)CC2)ccc1C(=O)C(C)C.CCC(=O)CCC(C)C(C)=O. The number of ketones is 4. The Morgan fingerprint density at radius 1 is 0.932 bits per heavy atom. The second-order valence-corrected chi connectivity index (χ2v) is 21.6. The van der Waals surface area contributed by atoms with Crippen LogP contribution in [0.5, 0.6) is 11.5 Å². The first kappa shape index (κ1) is 59.8. The van der Waals surface area contributed by atoms with E-state index in [2.05, 4.69) is 62.8 Å². The molecule has 0 saturated carbocycles. The lowest BCUT2D eigenvalue weighted by atomic mass is 9.77. The number of rotatable bonds is 24. The van der Waals surface area contributed by atoms with Crippen LogP contribution in [0.4, 0.5) is 11.6 Å². The largest absolute Gasteiger partial charge is 0.489 e. The van der Waals surface area contributed by atoms with Crippen molar-refractivity contribution in [3.05, 3.63) is 105 Å². The van der Waals surface area contributed by atoms with Crippen molar-refractivity contribution in [1.29, 1.82) is 5.26 Å². The fourth-order valence-corrected chi connectivity index (χ4v) is 9.42. The monoisotopic (exact) mass is 1070 g/mol. The van der Waals surface area contributed by atoms with Gasteiger partial charge in [-0.15, -0.1) is 11.6 Å². The molecule has 3 aromatic carbocycles. The number of benzene rings is 3. The maximum Gasteiger partial charge on any atom is 0.273 e. The molecule has 18 heteroatoms. The maximum atomic E-state index is 12.7. The maximum absolute atomic E-state index is 12.7. The number of likely N-dealkylation sites (tertiary alicyclic amines) is 1. The molecule has 0 bridgehead atoms. The molecule has 0 aliphatic carbocycles. The standard InChI is InChI=1S/C47H59Cl2N8O5S.C9H16O2/c1-32(2)44(59)41-11-8-39(28-42(41)33(3)58)56-21-19-55(20-22-56)30-34-13-17-54(18-14-34)23-24-57(60,63)53-46-51-16-12-38(52-46)31-62-40-9-6-36(7-10-40)47(4,5)37-26-35(29-50)45(43(49)27-37)61-25-15-48;1-4-9(11)6-5-7(2)8(3)10/h6-12,16,26-28,32,34,60,63H,13-15,17-25,30-31H2,1-5H3,(H,51,52,53);7H,4-6H2,1-3H3/q+1;. The zero-order valence-corrected chi connectivity index (χ0v) is 46.7. The average molecular weight is 1080 g/mol. The number of carbonyl (C=O) groups is 4. The molecular weight excluding hydrogens is 1000 g/mol. The molecule has 15 nitrogen and oxygen atoms in total. The highest BCUT2D eigenvalue weighted by Gasteiger charge is 2.30. The van der Waals surface area contributed by atoms with Crippen LogP contribution in [0, 0.1) is 29.1 Å². The van der Waals surface area contributed by atoms with Gasteiger partial charge in [0.05, 0.1) is 28.7 Å². The second kappa shape index (κ2) is 28.1. The molecule has 74 heavy (non-hydrogen) atoms. The first-order valence-electron chi connectivity index (χ1n) is 25.7. The van der Waals surface area contributed by atoms with Crippen molar-refractivity contribution in [3.8, 4) is 17.6 Å². The molecule has 0 amide bonds. The average Bonchev–Trinajstić information content (AvgIpc) is 3.38. The summed E-state index contributed by atoms with van der Waals surface area (Å²) >= 11 is 16.8. The summed E-state index contributed by atoms with van der Waals surface area (Å²) in [5.74, 6) is 2.34. The summed E-state index contributed by atoms with van der Waals surface area (Å²) in [5, 5.41) is 21.2. The Bertz CT molecular complexity index is 2580. The van der Waals surface area contributed by atoms with Crippen LogP contribution in [-0.2, 0) is 21.6 Å². The highest BCUT2D eigenvalue weighted by Crippen LogP contribution is 2.39. The van der Waals surface area contributed by atoms with Gasteiger partial charge in [0.15, 0.2) is 23.9 Å². The van der Waals surface area contributed by atoms with Crippen molar-refractivity contribution in [2.75, 3.05) is 81.7 Å². The van der Waals surface area contributed by atoms with Crippen LogP contribution in [0.25, 0.3) is 0 Å². The minimum atomic E-state index is -0.763. The minimum Gasteiger partial charge on any atom is -0.489 e. The third-order valence-corrected chi connectivity index (χ3v) is 14.7. The number of nitrogens with one attached hydrogen (secondary N) is 1. The summed E-state index contributed by atoms with van der Waals surface area (Å²) in [6.07, 6.45) is 5.64. The highest BCUT2D eigenvalue weighted by atomic mass is 35.5. The zero-order chi connectivity index (χ0) is 54.2. The smallest absolute Gasteiger partial charge is 0.273 e. The van der Waals surface area contributed by atoms with Crippen LogP contribution in [0.3, 0.4) is 0 Å². The van der Waals surface area contributed by atoms with Crippen LogP contribution in [0.15, 0.2) is 66.9 Å². The van der Waals surface area contributed by atoms with Crippen molar-refractivity contribution < 1.29 is 38.0 Å². The molecule has 2 saturated heterocycles. The molecule has 400 valence electrons. The van der Waals surface area contributed by atoms with Crippen LogP contribution in [0.1, 0.15) is 131 Å². The summed E-state index contributed by atoms with van der Waals surface area (Å²) in [4.78, 5) is 62.7. The van der Waals surface area contributed by atoms with Gasteiger partial charge in [-0.05, 0) is 116 Å². The van der Waals surface area contributed by atoms with E-state index in [9.17, 15) is 29.6 Å². The molecule has 2 unspecified atom stereocenters. The number of thiol groups is 1. The number of hydrogen-bond acceptors (Lipinski definition) is 15. The number of hydroxylamine groups is 1. The van der Waals surface area contributed by atoms with E-state index in [0.29, 0.717) is 77.2 Å². The number of nitrogens with zero attached hydrogens (tertiary/aromatic N) is 7. The van der Waals surface area contributed by atoms with Crippen LogP contribution < -0.4 is 19.8 Å². The van der Waals surface area contributed by atoms with Crippen LogP contribution in [-0.4, -0.2) is 124 Å². The second-order valence-electron chi connectivity index (χ2n) is 20.2. The van der Waals surface area contributed by atoms with E-state index in [-0.39, 0.29) is 60.0 Å². The van der Waals surface area contributed by atoms with Gasteiger partial charge >= 0.3 is 0 Å². The third-order valence-electron chi connectivity index (χ3n) is 14.0. The lowest BCUT2D eigenvalue weighted by Crippen LogP contribution is -2.50. The van der Waals surface area contributed by atoms with E-state index in [4.69, 9.17) is 32.7 Å². The molecule has 3 heterocycles. The number of carbonyl (C=O) groups excluding carboxylic acids is 4. The van der Waals surface area contributed by atoms with Gasteiger partial charge in [0, 0.05) is 85.8 Å². The lowest BCUT2D eigenvalue weighted by Gasteiger charge is -2.40. The molecule has 2 aliphatic heterocycles. The first-order valence-corrected chi connectivity index (χ1v) is 27.0. The summed E-state index contributed by atoms with van der Waals surface area (Å²) in [6.45, 7) is 22.7. The number of aromatic nitrogens is 2. The van der Waals surface area contributed by atoms with E-state index in [1.165, 1.54) is 6.92 Å². The fourth-order valence-electron chi connectivity index (χ4n) is 8.89. The molecule has 6 rings (SSSR count). The van der Waals surface area contributed by atoms with E-state index < -0.39 is 9.58 Å². The number of anilines is 2. The topological polar surface area (TPSA) is 178 Å². The zero-order valence-electron chi connectivity index (χ0n) is 44.3. The van der Waals surface area contributed by atoms with E-state index in [1.54, 1.807) is 25.3 Å². The Balaban J connectivity index is 0.000000824. The fraction of sp³-hybridized carbons (Fsp3) is 0.518. The van der Waals surface area contributed by atoms with Crippen molar-refractivity contribution in [1.82, 2.24) is 19.8 Å². The number of quaternary nitrogens is 1. The molecule has 2 N–H and O–H groups in total. The Kier molecular flexibility index (Phi) is 22.7. The predicted molar refractivity (Wildman–Crippen MR) is 295 cm³/mol. The number of hydrogen-bond donors (Lipinski definition) is 3. The van der Waals surface area contributed by atoms with Gasteiger partial charge in [0.1, 0.15) is 49.4 Å². The molecule has 1 aromatic heterocycles. The normalized spacial score (nSPS) is 15.8. The van der Waals surface area contributed by atoms with E-state index in [0.717, 1.165) is 75.5 Å². The lowest BCUT2D eigenvalue weighted by molar-refractivity contribution is -0.971. The Morgan fingerprint density at radius 2 is 1.62 bits per heavy atom. The van der Waals surface area contributed by atoms with Crippen molar-refractivity contribution in [3.63, 3.8) is 0 Å². The molecule has 2 fully saturated rings. The quantitative estimate of drug-likeness (QED) is 0.0198. The minimum absolute atomic E-state index is 0.000669. The Labute approximate surface area is 453 Å². The molecular formula is C56H75Cl2N8O7S+. The summed E-state index contributed by atoms with van der Waals surface area (Å²) < 4.78 is 10.9. The number of piperazine rings is 1. The molecule has 0 radical (unpaired) electrons. The summed E-state index contributed by atoms with van der Waals surface area (Å²) in [5.41, 5.74) is 7.33. The summed E-state index contributed by atoms with van der Waals surface area (Å²) in [6, 6.07) is 21.0. The molecule has 2 atom stereocenters. The van der Waals surface area contributed by atoms with Crippen LogP contribution >= 0.6 is 36.0 Å². The Hall–Kier alpha value is -5.12. The molecule has 0 spiro atoms. The highest BCUT2D eigenvalue weighted by molar-refractivity contribution is 7.74. The number of alkyl halides is 1. The van der Waals surface area contributed by atoms with E-state index in [1.807, 2.05) is 76.2 Å². The molecule has 4 aromatic rings. The van der Waals surface area contributed by atoms with Gasteiger partial charge in [-0.3, -0.25) is 29.0 Å². The van der Waals surface area contributed by atoms with Crippen molar-refractivity contribution in [2.24, 2.45) is 17.8 Å². The van der Waals surface area contributed by atoms with Gasteiger partial charge in [0.25, 0.3) is 5.95 Å². The van der Waals surface area contributed by atoms with Crippen LogP contribution in [0.2, 0.25) is 5.02 Å². The number of halogens is 2. The van der Waals surface area contributed by atoms with Gasteiger partial charge in [0.2, 0.25) is 0 Å². The first-order chi connectivity index (χ1) is 35.1. The van der Waals surface area contributed by atoms with Gasteiger partial charge in [-0.1, -0.05) is 65.3 Å². The number of nitriles is 1.